The molecule has 1 saturated carbocycles. The van der Waals surface area contributed by atoms with E-state index in [4.69, 9.17) is 13.9 Å². The maximum atomic E-state index is 12.7. The molecule has 1 N–H and O–H groups in total. The Hall–Kier alpha value is -3.21. The monoisotopic (exact) mass is 433 g/mol. The molecule has 1 amide bonds. The van der Waals surface area contributed by atoms with Gasteiger partial charge in [-0.3, -0.25) is 4.79 Å². The van der Waals surface area contributed by atoms with Crippen LogP contribution in [0.15, 0.2) is 53.2 Å². The van der Waals surface area contributed by atoms with E-state index in [9.17, 15) is 4.79 Å². The van der Waals surface area contributed by atoms with Crippen molar-refractivity contribution in [2.45, 2.75) is 51.5 Å². The van der Waals surface area contributed by atoms with Gasteiger partial charge >= 0.3 is 0 Å². The Balaban J connectivity index is 1.66. The lowest BCUT2D eigenvalue weighted by molar-refractivity contribution is -0.117. The largest absolute Gasteiger partial charge is 0.497 e. The highest BCUT2D eigenvalue weighted by atomic mass is 16.5. The molecule has 5 heteroatoms. The molecule has 4 rings (SSSR count). The Kier molecular flexibility index (Phi) is 6.84. The number of allylic oxidation sites excluding steroid dienone is 1. The summed E-state index contributed by atoms with van der Waals surface area (Å²) in [7, 11) is 3.29. The Morgan fingerprint density at radius 2 is 1.84 bits per heavy atom. The number of fused-ring (bicyclic) bond motifs is 1. The van der Waals surface area contributed by atoms with Gasteiger partial charge in [-0.25, -0.2) is 0 Å². The summed E-state index contributed by atoms with van der Waals surface area (Å²) in [6.07, 6.45) is 10.5. The summed E-state index contributed by atoms with van der Waals surface area (Å²) in [6, 6.07) is 12.1. The second kappa shape index (κ2) is 9.94. The van der Waals surface area contributed by atoms with Gasteiger partial charge in [-0.1, -0.05) is 37.8 Å². The third-order valence-corrected chi connectivity index (χ3v) is 6.25. The molecule has 0 spiro atoms. The maximum Gasteiger partial charge on any atom is 0.244 e. The van der Waals surface area contributed by atoms with E-state index in [0.29, 0.717) is 5.75 Å². The maximum absolute atomic E-state index is 12.7. The van der Waals surface area contributed by atoms with Gasteiger partial charge in [-0.05, 0) is 49.1 Å². The minimum absolute atomic E-state index is 0.0447. The van der Waals surface area contributed by atoms with Crippen LogP contribution in [0.25, 0.3) is 27.7 Å². The van der Waals surface area contributed by atoms with Gasteiger partial charge < -0.3 is 19.2 Å². The molecule has 5 nitrogen and oxygen atoms in total. The lowest BCUT2D eigenvalue weighted by Gasteiger charge is -2.15. The molecule has 0 unspecified atom stereocenters. The number of carbonyl (C=O) groups excluding carboxylic acids is 1. The fourth-order valence-corrected chi connectivity index (χ4v) is 4.49. The van der Waals surface area contributed by atoms with Gasteiger partial charge in [0.1, 0.15) is 17.1 Å². The average molecular weight is 434 g/mol. The summed E-state index contributed by atoms with van der Waals surface area (Å²) >= 11 is 0. The molecule has 32 heavy (non-hydrogen) atoms. The van der Waals surface area contributed by atoms with E-state index in [2.05, 4.69) is 5.32 Å². The number of furan rings is 1. The normalized spacial score (nSPS) is 15.4. The molecule has 1 aliphatic rings. The average Bonchev–Trinajstić information content (AvgIpc) is 3.05. The number of amides is 1. The second-order valence-electron chi connectivity index (χ2n) is 8.45. The predicted molar refractivity (Wildman–Crippen MR) is 128 cm³/mol. The zero-order valence-electron chi connectivity index (χ0n) is 19.1. The quantitative estimate of drug-likeness (QED) is 0.363. The molecule has 3 aromatic rings. The minimum atomic E-state index is -0.0447. The van der Waals surface area contributed by atoms with Gasteiger partial charge in [0, 0.05) is 34.7 Å². The first-order valence-corrected chi connectivity index (χ1v) is 11.3. The van der Waals surface area contributed by atoms with Crippen LogP contribution in [0, 0.1) is 0 Å². The van der Waals surface area contributed by atoms with E-state index < -0.39 is 0 Å². The van der Waals surface area contributed by atoms with Crippen LogP contribution in [0.2, 0.25) is 0 Å². The first-order chi connectivity index (χ1) is 15.6. The van der Waals surface area contributed by atoms with Gasteiger partial charge in [0.2, 0.25) is 5.91 Å². The molecule has 0 atom stereocenters. The van der Waals surface area contributed by atoms with E-state index in [1.807, 2.05) is 43.3 Å². The van der Waals surface area contributed by atoms with E-state index in [1.54, 1.807) is 26.6 Å². The fraction of sp³-hybridized carbons (Fsp3) is 0.370. The van der Waals surface area contributed by atoms with Crippen molar-refractivity contribution in [2.24, 2.45) is 0 Å². The van der Waals surface area contributed by atoms with E-state index in [-0.39, 0.29) is 11.9 Å². The molecule has 2 aromatic carbocycles. The molecule has 1 fully saturated rings. The van der Waals surface area contributed by atoms with Crippen LogP contribution in [0.1, 0.15) is 51.0 Å². The smallest absolute Gasteiger partial charge is 0.244 e. The van der Waals surface area contributed by atoms with E-state index in [0.717, 1.165) is 51.8 Å². The van der Waals surface area contributed by atoms with E-state index >= 15 is 0 Å². The van der Waals surface area contributed by atoms with Crippen LogP contribution in [0.3, 0.4) is 0 Å². The molecule has 0 radical (unpaired) electrons. The zero-order valence-corrected chi connectivity index (χ0v) is 19.1. The number of rotatable bonds is 6. The highest BCUT2D eigenvalue weighted by Crippen LogP contribution is 2.38. The predicted octanol–water partition coefficient (Wildman–Crippen LogP) is 6.36. The van der Waals surface area contributed by atoms with Gasteiger partial charge in [0.05, 0.1) is 20.5 Å². The summed E-state index contributed by atoms with van der Waals surface area (Å²) < 4.78 is 16.8. The molecule has 0 bridgehead atoms. The fourth-order valence-electron chi connectivity index (χ4n) is 4.49. The van der Waals surface area contributed by atoms with E-state index in [1.165, 1.54) is 25.7 Å². The molecule has 0 saturated heterocycles. The highest BCUT2D eigenvalue weighted by molar-refractivity contribution is 6.00. The molecule has 1 aromatic heterocycles. The first-order valence-electron chi connectivity index (χ1n) is 11.3. The first kappa shape index (κ1) is 22.0. The van der Waals surface area contributed by atoms with Crippen LogP contribution in [-0.4, -0.2) is 26.2 Å². The van der Waals surface area contributed by atoms with Gasteiger partial charge in [0.15, 0.2) is 0 Å². The summed E-state index contributed by atoms with van der Waals surface area (Å²) in [5.74, 6) is 1.42. The van der Waals surface area contributed by atoms with Crippen molar-refractivity contribution in [3.05, 3.63) is 54.3 Å². The number of methoxy groups -OCH3 is 2. The van der Waals surface area contributed by atoms with Gasteiger partial charge in [-0.15, -0.1) is 0 Å². The van der Waals surface area contributed by atoms with Crippen LogP contribution in [0.4, 0.5) is 0 Å². The SMILES string of the molecule is COc1cccc(-c2coc3cc(OC)c(/C(C)=C/C(=O)NC4CCCCCC4)cc23)c1. The lowest BCUT2D eigenvalue weighted by atomic mass is 9.99. The van der Waals surface area contributed by atoms with Crippen LogP contribution < -0.4 is 14.8 Å². The third-order valence-electron chi connectivity index (χ3n) is 6.25. The van der Waals surface area contributed by atoms with Crippen LogP contribution in [-0.2, 0) is 4.79 Å². The summed E-state index contributed by atoms with van der Waals surface area (Å²) in [5.41, 5.74) is 4.44. The van der Waals surface area contributed by atoms with Crippen molar-refractivity contribution in [1.82, 2.24) is 5.32 Å². The third kappa shape index (κ3) is 4.82. The Morgan fingerprint density at radius 3 is 2.56 bits per heavy atom. The Bertz CT molecular complexity index is 1120. The number of nitrogens with one attached hydrogen (secondary N) is 1. The molecule has 168 valence electrons. The molecular weight excluding hydrogens is 402 g/mol. The van der Waals surface area contributed by atoms with Crippen molar-refractivity contribution in [3.8, 4) is 22.6 Å². The van der Waals surface area contributed by atoms with Crippen molar-refractivity contribution < 1.29 is 18.7 Å². The molecule has 1 heterocycles. The summed E-state index contributed by atoms with van der Waals surface area (Å²) in [4.78, 5) is 12.7. The van der Waals surface area contributed by atoms with Crippen LogP contribution >= 0.6 is 0 Å². The van der Waals surface area contributed by atoms with Crippen LogP contribution in [0.5, 0.6) is 11.5 Å². The van der Waals surface area contributed by atoms with Gasteiger partial charge in [0.25, 0.3) is 0 Å². The van der Waals surface area contributed by atoms with Crippen molar-refractivity contribution >= 4 is 22.4 Å². The zero-order chi connectivity index (χ0) is 22.5. The van der Waals surface area contributed by atoms with Crippen molar-refractivity contribution in [1.29, 1.82) is 0 Å². The minimum Gasteiger partial charge on any atom is -0.497 e. The summed E-state index contributed by atoms with van der Waals surface area (Å²) in [5, 5.41) is 4.15. The molecule has 0 aliphatic heterocycles. The number of ether oxygens (including phenoxy) is 2. The summed E-state index contributed by atoms with van der Waals surface area (Å²) in [6.45, 7) is 1.95. The number of hydrogen-bond acceptors (Lipinski definition) is 4. The number of carbonyl (C=O) groups is 1. The number of benzene rings is 2. The topological polar surface area (TPSA) is 60.7 Å². The second-order valence-corrected chi connectivity index (χ2v) is 8.45. The lowest BCUT2D eigenvalue weighted by Crippen LogP contribution is -2.33. The van der Waals surface area contributed by atoms with Gasteiger partial charge in [-0.2, -0.15) is 0 Å². The highest BCUT2D eigenvalue weighted by Gasteiger charge is 2.17. The molecule has 1 aliphatic carbocycles. The Labute approximate surface area is 189 Å². The van der Waals surface area contributed by atoms with Crippen molar-refractivity contribution in [2.75, 3.05) is 14.2 Å². The standard InChI is InChI=1S/C27H31NO4/c1-18(13-27(29)28-20-10-6-4-5-7-11-20)22-15-23-24(17-32-26(23)16-25(22)31-3)19-9-8-12-21(14-19)30-2/h8-9,12-17,20H,4-7,10-11H2,1-3H3,(H,28,29)/b18-13+. The Morgan fingerprint density at radius 1 is 1.06 bits per heavy atom. The number of hydrogen-bond donors (Lipinski definition) is 1. The molecular formula is C27H31NO4. The van der Waals surface area contributed by atoms with Crippen molar-refractivity contribution in [3.63, 3.8) is 0 Å².